The molecule has 2 rings (SSSR count). The first-order chi connectivity index (χ1) is 7.48. The van der Waals surface area contributed by atoms with E-state index in [0.717, 1.165) is 16.9 Å². The van der Waals surface area contributed by atoms with Gasteiger partial charge in [-0.1, -0.05) is 23.4 Å². The van der Waals surface area contributed by atoms with E-state index in [0.29, 0.717) is 0 Å². The number of nitrogens with two attached hydrogens (primary N) is 1. The maximum atomic E-state index is 5.97. The van der Waals surface area contributed by atoms with E-state index >= 15 is 0 Å². The van der Waals surface area contributed by atoms with Gasteiger partial charge in [0.05, 0.1) is 17.4 Å². The number of benzene rings is 1. The zero-order valence-electron chi connectivity index (χ0n) is 9.81. The van der Waals surface area contributed by atoms with Crippen LogP contribution in [-0.2, 0) is 5.54 Å². The van der Waals surface area contributed by atoms with E-state index in [4.69, 9.17) is 5.73 Å². The molecule has 0 saturated heterocycles. The summed E-state index contributed by atoms with van der Waals surface area (Å²) >= 11 is 0. The van der Waals surface area contributed by atoms with Crippen molar-refractivity contribution >= 4 is 0 Å². The van der Waals surface area contributed by atoms with Crippen LogP contribution in [0.3, 0.4) is 0 Å². The second-order valence-corrected chi connectivity index (χ2v) is 4.56. The van der Waals surface area contributed by atoms with Crippen molar-refractivity contribution in [1.82, 2.24) is 15.0 Å². The fourth-order valence-corrected chi connectivity index (χ4v) is 1.50. The summed E-state index contributed by atoms with van der Waals surface area (Å²) in [5.41, 5.74) is 8.49. The van der Waals surface area contributed by atoms with Gasteiger partial charge in [0.15, 0.2) is 0 Å². The first-order valence-corrected chi connectivity index (χ1v) is 5.26. The lowest BCUT2D eigenvalue weighted by molar-refractivity contribution is 0.533. The molecule has 0 bridgehead atoms. The Hall–Kier alpha value is -1.68. The van der Waals surface area contributed by atoms with Crippen LogP contribution in [0.25, 0.3) is 5.69 Å². The van der Waals surface area contributed by atoms with E-state index in [-0.39, 0.29) is 0 Å². The lowest BCUT2D eigenvalue weighted by Crippen LogP contribution is -2.29. The van der Waals surface area contributed by atoms with Crippen LogP contribution < -0.4 is 5.73 Å². The fourth-order valence-electron chi connectivity index (χ4n) is 1.50. The summed E-state index contributed by atoms with van der Waals surface area (Å²) in [6.45, 7) is 5.88. The van der Waals surface area contributed by atoms with E-state index in [1.807, 2.05) is 51.2 Å². The largest absolute Gasteiger partial charge is 0.320 e. The van der Waals surface area contributed by atoms with Crippen molar-refractivity contribution in [2.75, 3.05) is 0 Å². The van der Waals surface area contributed by atoms with Crippen LogP contribution in [0, 0.1) is 6.92 Å². The zero-order chi connectivity index (χ0) is 11.8. The predicted octanol–water partition coefficient (Wildman–Crippen LogP) is 1.77. The molecular formula is C12H16N4. The molecular weight excluding hydrogens is 200 g/mol. The predicted molar refractivity (Wildman–Crippen MR) is 63.3 cm³/mol. The highest BCUT2D eigenvalue weighted by Gasteiger charge is 2.18. The summed E-state index contributed by atoms with van der Waals surface area (Å²) in [6, 6.07) is 8.04. The molecule has 0 aliphatic carbocycles. The van der Waals surface area contributed by atoms with Gasteiger partial charge in [-0.3, -0.25) is 0 Å². The Balaban J connectivity index is 2.44. The van der Waals surface area contributed by atoms with Crippen LogP contribution in [-0.4, -0.2) is 15.0 Å². The maximum Gasteiger partial charge on any atom is 0.102 e. The molecule has 0 radical (unpaired) electrons. The Morgan fingerprint density at radius 3 is 2.50 bits per heavy atom. The molecule has 84 valence electrons. The van der Waals surface area contributed by atoms with Gasteiger partial charge in [-0.15, -0.1) is 5.10 Å². The standard InChI is InChI=1S/C12H16N4/c1-9-6-4-5-7-10(9)16-8-11(14-15-16)12(2,3)13/h4-8H,13H2,1-3H3. The van der Waals surface area contributed by atoms with E-state index in [9.17, 15) is 0 Å². The summed E-state index contributed by atoms with van der Waals surface area (Å²) in [5.74, 6) is 0. The van der Waals surface area contributed by atoms with Crippen LogP contribution >= 0.6 is 0 Å². The van der Waals surface area contributed by atoms with Gasteiger partial charge in [-0.05, 0) is 32.4 Å². The summed E-state index contributed by atoms with van der Waals surface area (Å²) < 4.78 is 1.76. The number of para-hydroxylation sites is 1. The van der Waals surface area contributed by atoms with Gasteiger partial charge >= 0.3 is 0 Å². The lowest BCUT2D eigenvalue weighted by Gasteiger charge is -2.13. The zero-order valence-corrected chi connectivity index (χ0v) is 9.81. The van der Waals surface area contributed by atoms with Gasteiger partial charge in [0.25, 0.3) is 0 Å². The first-order valence-electron chi connectivity index (χ1n) is 5.26. The van der Waals surface area contributed by atoms with Gasteiger partial charge in [0.2, 0.25) is 0 Å². The van der Waals surface area contributed by atoms with E-state index < -0.39 is 5.54 Å². The Labute approximate surface area is 95.1 Å². The lowest BCUT2D eigenvalue weighted by atomic mass is 10.0. The molecule has 0 fully saturated rings. The smallest absolute Gasteiger partial charge is 0.102 e. The molecule has 1 aromatic heterocycles. The normalized spacial score (nSPS) is 11.8. The van der Waals surface area contributed by atoms with Crippen LogP contribution in [0.2, 0.25) is 0 Å². The third-order valence-electron chi connectivity index (χ3n) is 2.52. The molecule has 0 atom stereocenters. The van der Waals surface area contributed by atoms with Crippen molar-refractivity contribution in [3.05, 3.63) is 41.7 Å². The number of hydrogen-bond donors (Lipinski definition) is 1. The van der Waals surface area contributed by atoms with Crippen molar-refractivity contribution in [2.45, 2.75) is 26.3 Å². The number of aryl methyl sites for hydroxylation is 1. The van der Waals surface area contributed by atoms with Crippen molar-refractivity contribution in [1.29, 1.82) is 0 Å². The van der Waals surface area contributed by atoms with Crippen molar-refractivity contribution in [2.24, 2.45) is 5.73 Å². The van der Waals surface area contributed by atoms with Crippen LogP contribution in [0.1, 0.15) is 25.1 Å². The first kappa shape index (κ1) is 10.8. The average Bonchev–Trinajstić information content (AvgIpc) is 2.66. The van der Waals surface area contributed by atoms with E-state index in [1.165, 1.54) is 0 Å². The number of hydrogen-bond acceptors (Lipinski definition) is 3. The Morgan fingerprint density at radius 2 is 1.94 bits per heavy atom. The van der Waals surface area contributed by atoms with Crippen molar-refractivity contribution in [3.63, 3.8) is 0 Å². The van der Waals surface area contributed by atoms with Gasteiger partial charge in [0, 0.05) is 0 Å². The molecule has 2 aromatic rings. The molecule has 1 aromatic carbocycles. The Morgan fingerprint density at radius 1 is 1.25 bits per heavy atom. The third-order valence-corrected chi connectivity index (χ3v) is 2.52. The monoisotopic (exact) mass is 216 g/mol. The molecule has 1 heterocycles. The Kier molecular flexibility index (Phi) is 2.52. The highest BCUT2D eigenvalue weighted by Crippen LogP contribution is 2.16. The second kappa shape index (κ2) is 3.72. The summed E-state index contributed by atoms with van der Waals surface area (Å²) in [7, 11) is 0. The highest BCUT2D eigenvalue weighted by molar-refractivity contribution is 5.39. The molecule has 0 saturated carbocycles. The van der Waals surface area contributed by atoms with Gasteiger partial charge in [0.1, 0.15) is 5.69 Å². The molecule has 0 aliphatic rings. The topological polar surface area (TPSA) is 56.7 Å². The van der Waals surface area contributed by atoms with Gasteiger partial charge in [-0.25, -0.2) is 4.68 Å². The molecule has 0 spiro atoms. The summed E-state index contributed by atoms with van der Waals surface area (Å²) in [4.78, 5) is 0. The summed E-state index contributed by atoms with van der Waals surface area (Å²) in [5, 5.41) is 8.19. The van der Waals surface area contributed by atoms with E-state index in [1.54, 1.807) is 4.68 Å². The minimum Gasteiger partial charge on any atom is -0.320 e. The quantitative estimate of drug-likeness (QED) is 0.832. The molecule has 16 heavy (non-hydrogen) atoms. The number of nitrogens with zero attached hydrogens (tertiary/aromatic N) is 3. The number of rotatable bonds is 2. The van der Waals surface area contributed by atoms with Crippen LogP contribution in [0.15, 0.2) is 30.5 Å². The van der Waals surface area contributed by atoms with Gasteiger partial charge < -0.3 is 5.73 Å². The van der Waals surface area contributed by atoms with Crippen molar-refractivity contribution in [3.8, 4) is 5.69 Å². The molecule has 4 heteroatoms. The maximum absolute atomic E-state index is 5.97. The number of aromatic nitrogens is 3. The van der Waals surface area contributed by atoms with Crippen LogP contribution in [0.4, 0.5) is 0 Å². The molecule has 0 aliphatic heterocycles. The molecule has 2 N–H and O–H groups in total. The summed E-state index contributed by atoms with van der Waals surface area (Å²) in [6.07, 6.45) is 1.88. The minimum atomic E-state index is -0.457. The molecule has 0 unspecified atom stereocenters. The van der Waals surface area contributed by atoms with Crippen molar-refractivity contribution < 1.29 is 0 Å². The second-order valence-electron chi connectivity index (χ2n) is 4.56. The van der Waals surface area contributed by atoms with Gasteiger partial charge in [-0.2, -0.15) is 0 Å². The molecule has 0 amide bonds. The SMILES string of the molecule is Cc1ccccc1-n1cc(C(C)(C)N)nn1. The van der Waals surface area contributed by atoms with Crippen LogP contribution in [0.5, 0.6) is 0 Å². The average molecular weight is 216 g/mol. The minimum absolute atomic E-state index is 0.457. The Bertz CT molecular complexity index is 494. The fraction of sp³-hybridized carbons (Fsp3) is 0.333. The van der Waals surface area contributed by atoms with E-state index in [2.05, 4.69) is 10.3 Å². The highest BCUT2D eigenvalue weighted by atomic mass is 15.4. The molecule has 4 nitrogen and oxygen atoms in total. The third kappa shape index (κ3) is 1.97.